The van der Waals surface area contributed by atoms with Gasteiger partial charge in [-0.1, -0.05) is 24.3 Å². The fourth-order valence-corrected chi connectivity index (χ4v) is 2.89. The predicted molar refractivity (Wildman–Crippen MR) is 112 cm³/mol. The number of hydrogen-bond donors (Lipinski definition) is 1. The van der Waals surface area contributed by atoms with Crippen LogP contribution >= 0.6 is 0 Å². The van der Waals surface area contributed by atoms with Gasteiger partial charge in [0.05, 0.1) is 6.61 Å². The van der Waals surface area contributed by atoms with Crippen molar-refractivity contribution in [2.45, 2.75) is 13.3 Å². The average Bonchev–Trinajstić information content (AvgIpc) is 2.77. The van der Waals surface area contributed by atoms with Crippen LogP contribution in [0.15, 0.2) is 48.5 Å². The highest BCUT2D eigenvalue weighted by Crippen LogP contribution is 2.30. The van der Waals surface area contributed by atoms with Crippen LogP contribution in [0, 0.1) is 0 Å². The van der Waals surface area contributed by atoms with Gasteiger partial charge in [0.15, 0.2) is 18.1 Å². The molecule has 1 heterocycles. The molecule has 1 N–H and O–H groups in total. The Balaban J connectivity index is 1.39. The van der Waals surface area contributed by atoms with Gasteiger partial charge in [-0.15, -0.1) is 0 Å². The Morgan fingerprint density at radius 3 is 2.73 bits per heavy atom. The number of rotatable bonds is 9. The van der Waals surface area contributed by atoms with E-state index in [2.05, 4.69) is 5.32 Å². The van der Waals surface area contributed by atoms with E-state index in [0.29, 0.717) is 38.5 Å². The number of amides is 1. The minimum absolute atomic E-state index is 0.336. The van der Waals surface area contributed by atoms with Crippen molar-refractivity contribution in [2.24, 2.45) is 0 Å². The average molecular weight is 411 g/mol. The third-order valence-corrected chi connectivity index (χ3v) is 4.31. The van der Waals surface area contributed by atoms with E-state index in [1.54, 1.807) is 6.08 Å². The second kappa shape index (κ2) is 10.9. The van der Waals surface area contributed by atoms with Crippen LogP contribution in [0.4, 0.5) is 0 Å². The summed E-state index contributed by atoms with van der Waals surface area (Å²) in [6.07, 6.45) is 3.51. The fraction of sp³-hybridized carbons (Fsp3) is 0.304. The maximum Gasteiger partial charge on any atom is 0.331 e. The van der Waals surface area contributed by atoms with Gasteiger partial charge < -0.3 is 24.3 Å². The third kappa shape index (κ3) is 6.27. The van der Waals surface area contributed by atoms with E-state index in [1.807, 2.05) is 49.4 Å². The van der Waals surface area contributed by atoms with Crippen molar-refractivity contribution in [1.82, 2.24) is 5.32 Å². The Kier molecular flexibility index (Phi) is 7.71. The van der Waals surface area contributed by atoms with Crippen molar-refractivity contribution in [1.29, 1.82) is 0 Å². The molecular formula is C23H25NO6. The summed E-state index contributed by atoms with van der Waals surface area (Å²) in [7, 11) is 0. The molecule has 0 spiro atoms. The molecule has 0 atom stereocenters. The standard InChI is InChI=1S/C23H25NO6/c1-2-27-19-6-4-3-5-18(19)8-10-23(26)30-16-22(25)24-12-11-17-7-9-20-21(15-17)29-14-13-28-20/h3-10,15H,2,11-14,16H2,1H3,(H,24,25)/b10-8+. The van der Waals surface area contributed by atoms with E-state index in [-0.39, 0.29) is 12.5 Å². The minimum atomic E-state index is -0.594. The van der Waals surface area contributed by atoms with Crippen molar-refractivity contribution in [3.05, 3.63) is 59.7 Å². The Morgan fingerprint density at radius 1 is 1.10 bits per heavy atom. The summed E-state index contributed by atoms with van der Waals surface area (Å²) in [6, 6.07) is 13.1. The first-order valence-corrected chi connectivity index (χ1v) is 9.87. The fourth-order valence-electron chi connectivity index (χ4n) is 2.89. The molecule has 7 nitrogen and oxygen atoms in total. The van der Waals surface area contributed by atoms with E-state index in [9.17, 15) is 9.59 Å². The SMILES string of the molecule is CCOc1ccccc1/C=C/C(=O)OCC(=O)NCCc1ccc2c(c1)OCCO2. The summed E-state index contributed by atoms with van der Waals surface area (Å²) in [5.41, 5.74) is 1.78. The maximum atomic E-state index is 11.9. The van der Waals surface area contributed by atoms with E-state index in [1.165, 1.54) is 6.08 Å². The topological polar surface area (TPSA) is 83.1 Å². The molecule has 0 fully saturated rings. The van der Waals surface area contributed by atoms with Gasteiger partial charge in [-0.05, 0) is 43.2 Å². The number of benzene rings is 2. The summed E-state index contributed by atoms with van der Waals surface area (Å²) in [6.45, 7) is 3.59. The van der Waals surface area contributed by atoms with Gasteiger partial charge in [-0.3, -0.25) is 4.79 Å². The zero-order chi connectivity index (χ0) is 21.2. The van der Waals surface area contributed by atoms with E-state index in [4.69, 9.17) is 18.9 Å². The lowest BCUT2D eigenvalue weighted by atomic mass is 10.1. The number of fused-ring (bicyclic) bond motifs is 1. The van der Waals surface area contributed by atoms with E-state index in [0.717, 1.165) is 22.6 Å². The zero-order valence-electron chi connectivity index (χ0n) is 16.9. The second-order valence-corrected chi connectivity index (χ2v) is 6.49. The molecule has 1 aliphatic rings. The molecule has 3 rings (SSSR count). The Hall–Kier alpha value is -3.48. The number of carbonyl (C=O) groups excluding carboxylic acids is 2. The molecule has 1 amide bonds. The van der Waals surface area contributed by atoms with Gasteiger partial charge in [0.1, 0.15) is 19.0 Å². The third-order valence-electron chi connectivity index (χ3n) is 4.31. The number of esters is 1. The number of ether oxygens (including phenoxy) is 4. The molecule has 0 unspecified atom stereocenters. The molecule has 0 saturated heterocycles. The molecule has 0 aliphatic carbocycles. The molecule has 0 aromatic heterocycles. The highest BCUT2D eigenvalue weighted by atomic mass is 16.6. The van der Waals surface area contributed by atoms with Gasteiger partial charge in [0.25, 0.3) is 5.91 Å². The number of nitrogens with one attached hydrogen (secondary N) is 1. The van der Waals surface area contributed by atoms with Gasteiger partial charge in [0, 0.05) is 18.2 Å². The maximum absolute atomic E-state index is 11.9. The molecule has 30 heavy (non-hydrogen) atoms. The van der Waals surface area contributed by atoms with Crippen LogP contribution in [0.2, 0.25) is 0 Å². The molecule has 0 saturated carbocycles. The summed E-state index contributed by atoms with van der Waals surface area (Å²) in [4.78, 5) is 23.8. The van der Waals surface area contributed by atoms with Gasteiger partial charge >= 0.3 is 5.97 Å². The smallest absolute Gasteiger partial charge is 0.331 e. The van der Waals surface area contributed by atoms with Crippen LogP contribution in [-0.2, 0) is 20.7 Å². The molecule has 0 radical (unpaired) electrons. The van der Waals surface area contributed by atoms with E-state index >= 15 is 0 Å². The van der Waals surface area contributed by atoms with Gasteiger partial charge in [-0.25, -0.2) is 4.79 Å². The number of hydrogen-bond acceptors (Lipinski definition) is 6. The molecule has 7 heteroatoms. The quantitative estimate of drug-likeness (QED) is 0.505. The first-order valence-electron chi connectivity index (χ1n) is 9.87. The van der Waals surface area contributed by atoms with E-state index < -0.39 is 5.97 Å². The summed E-state index contributed by atoms with van der Waals surface area (Å²) in [5, 5.41) is 2.73. The summed E-state index contributed by atoms with van der Waals surface area (Å²) < 4.78 is 21.5. The van der Waals surface area contributed by atoms with Crippen LogP contribution in [-0.4, -0.2) is 44.8 Å². The summed E-state index contributed by atoms with van der Waals surface area (Å²) >= 11 is 0. The highest BCUT2D eigenvalue weighted by molar-refractivity contribution is 5.89. The molecule has 0 bridgehead atoms. The molecule has 158 valence electrons. The van der Waals surface area contributed by atoms with Crippen LogP contribution < -0.4 is 19.5 Å². The molecule has 2 aromatic carbocycles. The zero-order valence-corrected chi connectivity index (χ0v) is 16.9. The molecule has 2 aromatic rings. The van der Waals surface area contributed by atoms with Crippen LogP contribution in [0.3, 0.4) is 0 Å². The van der Waals surface area contributed by atoms with Crippen LogP contribution in [0.5, 0.6) is 17.2 Å². The van der Waals surface area contributed by atoms with Crippen molar-refractivity contribution >= 4 is 18.0 Å². The highest BCUT2D eigenvalue weighted by Gasteiger charge is 2.12. The minimum Gasteiger partial charge on any atom is -0.493 e. The van der Waals surface area contributed by atoms with Crippen molar-refractivity contribution in [3.8, 4) is 17.2 Å². The number of carbonyl (C=O) groups is 2. The lowest BCUT2D eigenvalue weighted by Gasteiger charge is -2.18. The Labute approximate surface area is 175 Å². The monoisotopic (exact) mass is 411 g/mol. The molecular weight excluding hydrogens is 386 g/mol. The van der Waals surface area contributed by atoms with Crippen molar-refractivity contribution < 1.29 is 28.5 Å². The normalized spacial score (nSPS) is 12.4. The van der Waals surface area contributed by atoms with Crippen molar-refractivity contribution in [2.75, 3.05) is 33.0 Å². The lowest BCUT2D eigenvalue weighted by Crippen LogP contribution is -2.30. The van der Waals surface area contributed by atoms with Gasteiger partial charge in [-0.2, -0.15) is 0 Å². The predicted octanol–water partition coefficient (Wildman–Crippen LogP) is 2.77. The second-order valence-electron chi connectivity index (χ2n) is 6.49. The number of para-hydroxylation sites is 1. The Bertz CT molecular complexity index is 908. The van der Waals surface area contributed by atoms with Crippen LogP contribution in [0.25, 0.3) is 6.08 Å². The lowest BCUT2D eigenvalue weighted by molar-refractivity contribution is -0.143. The van der Waals surface area contributed by atoms with Gasteiger partial charge in [0.2, 0.25) is 0 Å². The van der Waals surface area contributed by atoms with Crippen molar-refractivity contribution in [3.63, 3.8) is 0 Å². The molecule has 1 aliphatic heterocycles. The first-order chi connectivity index (χ1) is 14.7. The first kappa shape index (κ1) is 21.2. The Morgan fingerprint density at radius 2 is 1.90 bits per heavy atom. The summed E-state index contributed by atoms with van der Waals surface area (Å²) in [5.74, 6) is 1.18. The largest absolute Gasteiger partial charge is 0.493 e. The van der Waals surface area contributed by atoms with Crippen LogP contribution in [0.1, 0.15) is 18.1 Å².